The number of methoxy groups -OCH3 is 1. The third-order valence-corrected chi connectivity index (χ3v) is 4.03. The molecule has 1 aliphatic rings. The molecule has 128 valence electrons. The van der Waals surface area contributed by atoms with Crippen LogP contribution < -0.4 is 10.1 Å². The summed E-state index contributed by atoms with van der Waals surface area (Å²) in [6.07, 6.45) is 1.33. The number of hydrazone groups is 1. The number of urea groups is 1. The molecule has 3 rings (SSSR count). The van der Waals surface area contributed by atoms with Crippen molar-refractivity contribution in [2.24, 2.45) is 5.10 Å². The van der Waals surface area contributed by atoms with Gasteiger partial charge in [-0.1, -0.05) is 24.3 Å². The van der Waals surface area contributed by atoms with Crippen molar-refractivity contribution in [1.29, 1.82) is 0 Å². The minimum absolute atomic E-state index is 0.376. The van der Waals surface area contributed by atoms with Crippen molar-refractivity contribution in [2.45, 2.75) is 12.5 Å². The lowest BCUT2D eigenvalue weighted by Crippen LogP contribution is -2.40. The second-order valence-corrected chi connectivity index (χ2v) is 5.70. The van der Waals surface area contributed by atoms with E-state index in [0.29, 0.717) is 16.9 Å². The number of carbonyl (C=O) groups excluding carboxylic acids is 2. The standard InChI is InChI=1S/C18H16FN3O3/c1-18(13-5-9-15(25-2)10-6-13)16(23)22(17(24)21-18)20-11-12-3-7-14(19)8-4-12/h3-11H,1-2H3,(H,21,24)/b20-11-/t18-/m1/s1. The molecule has 1 atom stereocenters. The van der Waals surface area contributed by atoms with Gasteiger partial charge in [-0.15, -0.1) is 5.01 Å². The fourth-order valence-corrected chi connectivity index (χ4v) is 2.52. The van der Waals surface area contributed by atoms with Crippen molar-refractivity contribution in [3.05, 3.63) is 65.5 Å². The summed E-state index contributed by atoms with van der Waals surface area (Å²) < 4.78 is 18.0. The lowest BCUT2D eigenvalue weighted by Gasteiger charge is -2.21. The van der Waals surface area contributed by atoms with Gasteiger partial charge in [0.1, 0.15) is 17.1 Å². The van der Waals surface area contributed by atoms with Crippen molar-refractivity contribution in [3.63, 3.8) is 0 Å². The lowest BCUT2D eigenvalue weighted by molar-refractivity contribution is -0.131. The molecule has 0 aliphatic carbocycles. The smallest absolute Gasteiger partial charge is 0.346 e. The van der Waals surface area contributed by atoms with E-state index in [2.05, 4.69) is 10.4 Å². The first-order chi connectivity index (χ1) is 11.9. The zero-order valence-corrected chi connectivity index (χ0v) is 13.7. The number of carbonyl (C=O) groups is 2. The molecule has 1 saturated heterocycles. The van der Waals surface area contributed by atoms with E-state index in [0.717, 1.165) is 5.01 Å². The number of rotatable bonds is 4. The van der Waals surface area contributed by atoms with Gasteiger partial charge in [-0.2, -0.15) is 5.10 Å². The molecule has 0 saturated carbocycles. The summed E-state index contributed by atoms with van der Waals surface area (Å²) in [6.45, 7) is 1.61. The number of amides is 3. The Hall–Kier alpha value is -3.22. The quantitative estimate of drug-likeness (QED) is 0.686. The Morgan fingerprint density at radius 3 is 2.36 bits per heavy atom. The molecule has 6 nitrogen and oxygen atoms in total. The van der Waals surface area contributed by atoms with E-state index < -0.39 is 17.5 Å². The summed E-state index contributed by atoms with van der Waals surface area (Å²) in [5, 5.41) is 7.36. The average Bonchev–Trinajstić information content (AvgIpc) is 2.84. The maximum Gasteiger partial charge on any atom is 0.346 e. The molecule has 7 heteroatoms. The van der Waals surface area contributed by atoms with Crippen LogP contribution in [0.4, 0.5) is 9.18 Å². The Labute approximate surface area is 143 Å². The summed E-state index contributed by atoms with van der Waals surface area (Å²) in [7, 11) is 1.55. The van der Waals surface area contributed by atoms with Crippen LogP contribution in [0.1, 0.15) is 18.1 Å². The van der Waals surface area contributed by atoms with Crippen LogP contribution in [0.2, 0.25) is 0 Å². The number of halogens is 1. The molecule has 0 unspecified atom stereocenters. The Bertz CT molecular complexity index is 834. The van der Waals surface area contributed by atoms with Gasteiger partial charge in [0.05, 0.1) is 13.3 Å². The van der Waals surface area contributed by atoms with Crippen LogP contribution in [0.3, 0.4) is 0 Å². The number of nitrogens with zero attached hydrogens (tertiary/aromatic N) is 2. The van der Waals surface area contributed by atoms with Gasteiger partial charge in [0.15, 0.2) is 0 Å². The van der Waals surface area contributed by atoms with Crippen molar-refractivity contribution in [3.8, 4) is 5.75 Å². The van der Waals surface area contributed by atoms with Crippen molar-refractivity contribution in [1.82, 2.24) is 10.3 Å². The number of nitrogens with one attached hydrogen (secondary N) is 1. The van der Waals surface area contributed by atoms with Crippen molar-refractivity contribution >= 4 is 18.2 Å². The van der Waals surface area contributed by atoms with E-state index in [1.54, 1.807) is 38.3 Å². The molecular weight excluding hydrogens is 325 g/mol. The highest BCUT2D eigenvalue weighted by atomic mass is 19.1. The second kappa shape index (κ2) is 6.35. The van der Waals surface area contributed by atoms with E-state index in [-0.39, 0.29) is 5.82 Å². The maximum atomic E-state index is 12.9. The topological polar surface area (TPSA) is 71.0 Å². The molecule has 25 heavy (non-hydrogen) atoms. The third kappa shape index (κ3) is 3.08. The zero-order valence-electron chi connectivity index (χ0n) is 13.7. The van der Waals surface area contributed by atoms with Gasteiger partial charge < -0.3 is 10.1 Å². The largest absolute Gasteiger partial charge is 0.497 e. The molecule has 3 amide bonds. The summed E-state index contributed by atoms with van der Waals surface area (Å²) in [4.78, 5) is 24.9. The Morgan fingerprint density at radius 1 is 1.12 bits per heavy atom. The van der Waals surface area contributed by atoms with Crippen molar-refractivity contribution < 1.29 is 18.7 Å². The highest BCUT2D eigenvalue weighted by Gasteiger charge is 2.49. The monoisotopic (exact) mass is 341 g/mol. The number of benzene rings is 2. The van der Waals surface area contributed by atoms with Gasteiger partial charge in [0.25, 0.3) is 5.91 Å². The van der Waals surface area contributed by atoms with E-state index in [9.17, 15) is 14.0 Å². The SMILES string of the molecule is COc1ccc([C@@]2(C)NC(=O)N(/N=C\c3ccc(F)cc3)C2=O)cc1. The van der Waals surface area contributed by atoms with Gasteiger partial charge >= 0.3 is 6.03 Å². The number of imide groups is 1. The molecule has 0 radical (unpaired) electrons. The fourth-order valence-electron chi connectivity index (χ4n) is 2.52. The second-order valence-electron chi connectivity index (χ2n) is 5.70. The minimum Gasteiger partial charge on any atom is -0.497 e. The van der Waals surface area contributed by atoms with Crippen LogP contribution in [0.15, 0.2) is 53.6 Å². The van der Waals surface area contributed by atoms with Crippen LogP contribution >= 0.6 is 0 Å². The fraction of sp³-hybridized carbons (Fsp3) is 0.167. The van der Waals surface area contributed by atoms with Crippen LogP contribution in [-0.4, -0.2) is 30.3 Å². The predicted octanol–water partition coefficient (Wildman–Crippen LogP) is 2.64. The Balaban J connectivity index is 1.84. The van der Waals surface area contributed by atoms with Gasteiger partial charge in [0.2, 0.25) is 0 Å². The summed E-state index contributed by atoms with van der Waals surface area (Å²) >= 11 is 0. The molecule has 1 fully saturated rings. The molecule has 1 heterocycles. The molecule has 0 aromatic heterocycles. The third-order valence-electron chi connectivity index (χ3n) is 4.03. The van der Waals surface area contributed by atoms with Gasteiger partial charge in [0, 0.05) is 0 Å². The first-order valence-electron chi connectivity index (χ1n) is 7.55. The Kier molecular flexibility index (Phi) is 4.22. The zero-order chi connectivity index (χ0) is 18.0. The molecule has 2 aromatic rings. The lowest BCUT2D eigenvalue weighted by atomic mass is 9.92. The van der Waals surface area contributed by atoms with Gasteiger partial charge in [-0.25, -0.2) is 9.18 Å². The van der Waals surface area contributed by atoms with E-state index in [1.165, 1.54) is 30.5 Å². The van der Waals surface area contributed by atoms with Crippen LogP contribution in [0.25, 0.3) is 0 Å². The van der Waals surface area contributed by atoms with Gasteiger partial charge in [-0.3, -0.25) is 4.79 Å². The molecule has 0 bridgehead atoms. The molecule has 2 aromatic carbocycles. The highest BCUT2D eigenvalue weighted by molar-refractivity contribution is 6.07. The van der Waals surface area contributed by atoms with Crippen molar-refractivity contribution in [2.75, 3.05) is 7.11 Å². The molecular formula is C18H16FN3O3. The minimum atomic E-state index is -1.22. The molecule has 1 aliphatic heterocycles. The number of hydrogen-bond donors (Lipinski definition) is 1. The first kappa shape index (κ1) is 16.6. The number of ether oxygens (including phenoxy) is 1. The van der Waals surface area contributed by atoms with Crippen LogP contribution in [-0.2, 0) is 10.3 Å². The van der Waals surface area contributed by atoms with Gasteiger partial charge in [-0.05, 0) is 42.3 Å². The predicted molar refractivity (Wildman–Crippen MR) is 89.7 cm³/mol. The maximum absolute atomic E-state index is 12.9. The highest BCUT2D eigenvalue weighted by Crippen LogP contribution is 2.30. The van der Waals surface area contributed by atoms with E-state index in [4.69, 9.17) is 4.74 Å². The number of hydrogen-bond acceptors (Lipinski definition) is 4. The molecule has 1 N–H and O–H groups in total. The molecule has 0 spiro atoms. The van der Waals surface area contributed by atoms with Crippen LogP contribution in [0.5, 0.6) is 5.75 Å². The normalized spacial score (nSPS) is 20.2. The summed E-state index contributed by atoms with van der Waals surface area (Å²) in [6, 6.07) is 11.8. The Morgan fingerprint density at radius 2 is 1.76 bits per heavy atom. The summed E-state index contributed by atoms with van der Waals surface area (Å²) in [5.74, 6) is -0.226. The first-order valence-corrected chi connectivity index (χ1v) is 7.55. The van der Waals surface area contributed by atoms with Crippen LogP contribution in [0, 0.1) is 5.82 Å². The van der Waals surface area contributed by atoms with E-state index >= 15 is 0 Å². The summed E-state index contributed by atoms with van der Waals surface area (Å²) in [5.41, 5.74) is -0.0325. The van der Waals surface area contributed by atoms with E-state index in [1.807, 2.05) is 0 Å². The average molecular weight is 341 g/mol.